The first kappa shape index (κ1) is 16.3. The fourth-order valence-electron chi connectivity index (χ4n) is 3.02. The number of benzene rings is 1. The largest absolute Gasteiger partial charge is 0.478 e. The Labute approximate surface area is 130 Å². The Balaban J connectivity index is 2.00. The number of hydrogen-bond donors (Lipinski definition) is 1. The molecule has 2 aliphatic rings. The number of aromatic carboxylic acids is 1. The van der Waals surface area contributed by atoms with E-state index < -0.39 is 38.2 Å². The third kappa shape index (κ3) is 2.94. The molecule has 23 heavy (non-hydrogen) atoms. The van der Waals surface area contributed by atoms with Gasteiger partial charge in [-0.25, -0.2) is 13.2 Å². The van der Waals surface area contributed by atoms with Gasteiger partial charge in [0.1, 0.15) is 0 Å². The summed E-state index contributed by atoms with van der Waals surface area (Å²) in [7, 11) is -4.05. The summed E-state index contributed by atoms with van der Waals surface area (Å²) in [4.78, 5) is 10.4. The summed E-state index contributed by atoms with van der Waals surface area (Å²) < 4.78 is 65.3. The first-order valence-electron chi connectivity index (χ1n) is 7.05. The van der Waals surface area contributed by atoms with E-state index in [-0.39, 0.29) is 6.54 Å². The van der Waals surface area contributed by atoms with Crippen LogP contribution in [0.4, 0.5) is 13.2 Å². The van der Waals surface area contributed by atoms with Crippen molar-refractivity contribution >= 4 is 16.0 Å². The van der Waals surface area contributed by atoms with E-state index in [2.05, 4.69) is 0 Å². The standard InChI is InChI=1S/C14H14F3NO4S/c15-14(16,17)12-6-10(1-2-11(12)13(19)20)23(21,22)18-4-3-8-5-9(8)7-18/h1-2,6,8-9H,3-5,7H2,(H,19,20). The van der Waals surface area contributed by atoms with Gasteiger partial charge >= 0.3 is 12.1 Å². The fourth-order valence-corrected chi connectivity index (χ4v) is 4.56. The molecule has 0 radical (unpaired) electrons. The summed E-state index contributed by atoms with van der Waals surface area (Å²) in [6, 6.07) is 2.03. The zero-order valence-electron chi connectivity index (χ0n) is 11.9. The van der Waals surface area contributed by atoms with E-state index in [1.807, 2.05) is 0 Å². The van der Waals surface area contributed by atoms with Gasteiger partial charge in [0.25, 0.3) is 0 Å². The van der Waals surface area contributed by atoms with Crippen LogP contribution in [0.15, 0.2) is 23.1 Å². The van der Waals surface area contributed by atoms with E-state index >= 15 is 0 Å². The molecule has 1 N–H and O–H groups in total. The van der Waals surface area contributed by atoms with Crippen LogP contribution in [0, 0.1) is 11.8 Å². The smallest absolute Gasteiger partial charge is 0.417 e. The molecule has 1 saturated carbocycles. The number of halogens is 3. The molecule has 3 rings (SSSR count). The van der Waals surface area contributed by atoms with Crippen molar-refractivity contribution in [3.63, 3.8) is 0 Å². The molecule has 5 nitrogen and oxygen atoms in total. The predicted octanol–water partition coefficient (Wildman–Crippen LogP) is 2.43. The number of piperidine rings is 1. The normalized spacial score (nSPS) is 25.0. The number of nitrogens with zero attached hydrogens (tertiary/aromatic N) is 1. The van der Waals surface area contributed by atoms with Crippen molar-refractivity contribution in [3.05, 3.63) is 29.3 Å². The van der Waals surface area contributed by atoms with Gasteiger partial charge in [-0.15, -0.1) is 0 Å². The zero-order valence-corrected chi connectivity index (χ0v) is 12.7. The van der Waals surface area contributed by atoms with Crippen LogP contribution >= 0.6 is 0 Å². The Morgan fingerprint density at radius 3 is 2.52 bits per heavy atom. The molecule has 0 aromatic heterocycles. The highest BCUT2D eigenvalue weighted by Gasteiger charge is 2.45. The highest BCUT2D eigenvalue weighted by molar-refractivity contribution is 7.89. The second-order valence-electron chi connectivity index (χ2n) is 5.92. The number of hydrogen-bond acceptors (Lipinski definition) is 3. The van der Waals surface area contributed by atoms with Crippen LogP contribution in [0.5, 0.6) is 0 Å². The minimum atomic E-state index is -4.94. The summed E-state index contributed by atoms with van der Waals surface area (Å²) in [5.41, 5.74) is -2.41. The van der Waals surface area contributed by atoms with Crippen molar-refractivity contribution in [2.24, 2.45) is 11.8 Å². The molecule has 0 spiro atoms. The number of rotatable bonds is 3. The maximum absolute atomic E-state index is 13.0. The number of fused-ring (bicyclic) bond motifs is 1. The van der Waals surface area contributed by atoms with Gasteiger partial charge in [-0.3, -0.25) is 0 Å². The lowest BCUT2D eigenvalue weighted by Crippen LogP contribution is -2.37. The average molecular weight is 349 g/mol. The maximum atomic E-state index is 13.0. The van der Waals surface area contributed by atoms with E-state index in [1.165, 1.54) is 4.31 Å². The van der Waals surface area contributed by atoms with E-state index in [4.69, 9.17) is 5.11 Å². The summed E-state index contributed by atoms with van der Waals surface area (Å²) in [5.74, 6) is -0.930. The lowest BCUT2D eigenvalue weighted by Gasteiger charge is -2.26. The van der Waals surface area contributed by atoms with Crippen molar-refractivity contribution < 1.29 is 31.5 Å². The Kier molecular flexibility index (Phi) is 3.68. The summed E-state index contributed by atoms with van der Waals surface area (Å²) in [6.07, 6.45) is -3.27. The minimum absolute atomic E-state index is 0.283. The highest BCUT2D eigenvalue weighted by Crippen LogP contribution is 2.46. The van der Waals surface area contributed by atoms with Crippen molar-refractivity contribution in [1.82, 2.24) is 4.31 Å². The first-order chi connectivity index (χ1) is 10.6. The topological polar surface area (TPSA) is 74.7 Å². The first-order valence-corrected chi connectivity index (χ1v) is 8.49. The summed E-state index contributed by atoms with van der Waals surface area (Å²) in [5, 5.41) is 8.85. The number of alkyl halides is 3. The number of sulfonamides is 1. The molecule has 2 atom stereocenters. The van der Waals surface area contributed by atoms with Gasteiger partial charge in [0.15, 0.2) is 0 Å². The van der Waals surface area contributed by atoms with E-state index in [0.29, 0.717) is 36.9 Å². The zero-order chi connectivity index (χ0) is 17.0. The maximum Gasteiger partial charge on any atom is 0.417 e. The second-order valence-corrected chi connectivity index (χ2v) is 7.86. The van der Waals surface area contributed by atoms with Gasteiger partial charge in [0, 0.05) is 13.1 Å². The van der Waals surface area contributed by atoms with Crippen molar-refractivity contribution in [1.29, 1.82) is 0 Å². The van der Waals surface area contributed by atoms with Crippen molar-refractivity contribution in [2.75, 3.05) is 13.1 Å². The molecule has 1 aliphatic heterocycles. The highest BCUT2D eigenvalue weighted by atomic mass is 32.2. The van der Waals surface area contributed by atoms with Crippen LogP contribution in [0.25, 0.3) is 0 Å². The van der Waals surface area contributed by atoms with Crippen LogP contribution < -0.4 is 0 Å². The Morgan fingerprint density at radius 2 is 1.96 bits per heavy atom. The molecular weight excluding hydrogens is 335 g/mol. The third-order valence-electron chi connectivity index (χ3n) is 4.42. The van der Waals surface area contributed by atoms with Gasteiger partial charge in [-0.1, -0.05) is 0 Å². The molecule has 1 aromatic carbocycles. The van der Waals surface area contributed by atoms with E-state index in [0.717, 1.165) is 12.5 Å². The van der Waals surface area contributed by atoms with Gasteiger partial charge in [-0.2, -0.15) is 17.5 Å². The number of carboxylic acids is 1. The summed E-state index contributed by atoms with van der Waals surface area (Å²) in [6.45, 7) is 0.598. The average Bonchev–Trinajstić information content (AvgIpc) is 3.23. The quantitative estimate of drug-likeness (QED) is 0.909. The SMILES string of the molecule is O=C(O)c1ccc(S(=O)(=O)N2CCC3CC3C2)cc1C(F)(F)F. The molecule has 9 heteroatoms. The second kappa shape index (κ2) is 5.20. The van der Waals surface area contributed by atoms with Crippen LogP contribution in [-0.2, 0) is 16.2 Å². The Hall–Kier alpha value is -1.61. The summed E-state index contributed by atoms with van der Waals surface area (Å²) >= 11 is 0. The number of carbonyl (C=O) groups is 1. The van der Waals surface area contributed by atoms with Crippen LogP contribution in [0.1, 0.15) is 28.8 Å². The lowest BCUT2D eigenvalue weighted by atomic mass is 10.1. The minimum Gasteiger partial charge on any atom is -0.478 e. The Morgan fingerprint density at radius 1 is 1.26 bits per heavy atom. The van der Waals surface area contributed by atoms with Gasteiger partial charge in [-0.05, 0) is 42.9 Å². The van der Waals surface area contributed by atoms with E-state index in [1.54, 1.807) is 0 Å². The van der Waals surface area contributed by atoms with Gasteiger partial charge in [0.05, 0.1) is 16.0 Å². The predicted molar refractivity (Wildman–Crippen MR) is 73.4 cm³/mol. The van der Waals surface area contributed by atoms with Crippen molar-refractivity contribution in [3.8, 4) is 0 Å². The lowest BCUT2D eigenvalue weighted by molar-refractivity contribution is -0.138. The molecule has 1 aromatic rings. The molecular formula is C14H14F3NO4S. The Bertz CT molecular complexity index is 760. The van der Waals surface area contributed by atoms with Crippen LogP contribution in [0.2, 0.25) is 0 Å². The molecule has 1 heterocycles. The van der Waals surface area contributed by atoms with Gasteiger partial charge in [0.2, 0.25) is 10.0 Å². The number of carboxylic acid groups (broad SMARTS) is 1. The fraction of sp³-hybridized carbons (Fsp3) is 0.500. The molecule has 126 valence electrons. The molecule has 2 unspecified atom stereocenters. The van der Waals surface area contributed by atoms with Crippen molar-refractivity contribution in [2.45, 2.75) is 23.9 Å². The molecule has 0 bridgehead atoms. The molecule has 1 saturated heterocycles. The molecule has 2 fully saturated rings. The van der Waals surface area contributed by atoms with Gasteiger partial charge < -0.3 is 5.11 Å². The monoisotopic (exact) mass is 349 g/mol. The third-order valence-corrected chi connectivity index (χ3v) is 6.28. The molecule has 0 amide bonds. The molecule has 1 aliphatic carbocycles. The van der Waals surface area contributed by atoms with Crippen LogP contribution in [0.3, 0.4) is 0 Å². The van der Waals surface area contributed by atoms with Crippen LogP contribution in [-0.4, -0.2) is 36.9 Å². The van der Waals surface area contributed by atoms with E-state index in [9.17, 15) is 26.4 Å².